The molecule has 2 aromatic heterocycles. The Bertz CT molecular complexity index is 1530. The Kier molecular flexibility index (Phi) is 7.04. The maximum atomic E-state index is 13.2. The van der Waals surface area contributed by atoms with E-state index < -0.39 is 5.60 Å². The van der Waals surface area contributed by atoms with Crippen molar-refractivity contribution in [2.45, 2.75) is 45.8 Å². The van der Waals surface area contributed by atoms with Gasteiger partial charge in [-0.3, -0.25) is 19.5 Å². The first-order valence-corrected chi connectivity index (χ1v) is 14.8. The zero-order valence-corrected chi connectivity index (χ0v) is 25.0. The van der Waals surface area contributed by atoms with Crippen LogP contribution in [0, 0.1) is 5.41 Å². The lowest BCUT2D eigenvalue weighted by molar-refractivity contribution is -0.0434. The molecule has 12 heteroatoms. The summed E-state index contributed by atoms with van der Waals surface area (Å²) in [7, 11) is 1.56. The number of amides is 3. The van der Waals surface area contributed by atoms with Crippen LogP contribution in [0.25, 0.3) is 0 Å². The first kappa shape index (κ1) is 28.0. The third-order valence-corrected chi connectivity index (χ3v) is 8.83. The molecule has 3 aliphatic rings. The number of thiazole rings is 1. The number of nitrogens with zero attached hydrogens (tertiary/aromatic N) is 5. The largest absolute Gasteiger partial charge is 0.497 e. The van der Waals surface area contributed by atoms with Gasteiger partial charge in [-0.15, -0.1) is 11.3 Å². The van der Waals surface area contributed by atoms with Gasteiger partial charge in [0.05, 0.1) is 31.2 Å². The second-order valence-electron chi connectivity index (χ2n) is 12.1. The van der Waals surface area contributed by atoms with Crippen molar-refractivity contribution in [3.8, 4) is 5.75 Å². The first-order chi connectivity index (χ1) is 20.0. The Morgan fingerprint density at radius 3 is 2.60 bits per heavy atom. The fourth-order valence-corrected chi connectivity index (χ4v) is 6.48. The maximum Gasteiger partial charge on any atom is 0.410 e. The number of hydrogen-bond acceptors (Lipinski definition) is 9. The van der Waals surface area contributed by atoms with Gasteiger partial charge in [-0.25, -0.2) is 9.78 Å². The average Bonchev–Trinajstić information content (AvgIpc) is 3.56. The number of rotatable bonds is 5. The van der Waals surface area contributed by atoms with E-state index in [1.54, 1.807) is 40.7 Å². The minimum atomic E-state index is -0.502. The SMILES string of the molecule is COc1ccc2c(c1)C(=O)N(c1csc(C(=O)Nc3cnccc3N3CCC4(CC3)CN(C(=O)OC(C)(C)C)C4)n1)C2. The number of piperidine rings is 1. The van der Waals surface area contributed by atoms with Gasteiger partial charge in [0.1, 0.15) is 17.2 Å². The van der Waals surface area contributed by atoms with Gasteiger partial charge in [0.25, 0.3) is 11.8 Å². The Morgan fingerprint density at radius 1 is 1.12 bits per heavy atom. The van der Waals surface area contributed by atoms with Crippen LogP contribution < -0.4 is 19.9 Å². The molecule has 2 saturated heterocycles. The zero-order chi connectivity index (χ0) is 29.6. The summed E-state index contributed by atoms with van der Waals surface area (Å²) in [4.78, 5) is 53.0. The lowest BCUT2D eigenvalue weighted by atomic mass is 9.72. The second kappa shape index (κ2) is 10.6. The number of pyridine rings is 1. The summed E-state index contributed by atoms with van der Waals surface area (Å²) >= 11 is 1.19. The van der Waals surface area contributed by atoms with Gasteiger partial charge in [0.2, 0.25) is 0 Å². The smallest absolute Gasteiger partial charge is 0.410 e. The van der Waals surface area contributed by atoms with Crippen LogP contribution in [0.15, 0.2) is 42.0 Å². The molecular formula is C30H34N6O5S. The summed E-state index contributed by atoms with van der Waals surface area (Å²) in [5.41, 5.74) is 2.58. The van der Waals surface area contributed by atoms with Crippen molar-refractivity contribution in [1.29, 1.82) is 0 Å². The van der Waals surface area contributed by atoms with E-state index in [0.29, 0.717) is 42.5 Å². The molecule has 0 unspecified atom stereocenters. The Labute approximate surface area is 248 Å². The van der Waals surface area contributed by atoms with Crippen LogP contribution in [0.4, 0.5) is 22.0 Å². The first-order valence-electron chi connectivity index (χ1n) is 14.0. The lowest BCUT2D eigenvalue weighted by Gasteiger charge is -2.54. The van der Waals surface area contributed by atoms with Gasteiger partial charge in [-0.2, -0.15) is 0 Å². The molecule has 6 rings (SSSR count). The molecular weight excluding hydrogens is 556 g/mol. The molecule has 11 nitrogen and oxygen atoms in total. The number of fused-ring (bicyclic) bond motifs is 1. The molecule has 220 valence electrons. The molecule has 0 saturated carbocycles. The second-order valence-corrected chi connectivity index (χ2v) is 13.0. The number of hydrogen-bond donors (Lipinski definition) is 1. The molecule has 0 radical (unpaired) electrons. The molecule has 3 aliphatic heterocycles. The van der Waals surface area contributed by atoms with E-state index in [9.17, 15) is 14.4 Å². The number of methoxy groups -OCH3 is 1. The highest BCUT2D eigenvalue weighted by molar-refractivity contribution is 7.12. The number of anilines is 3. The van der Waals surface area contributed by atoms with E-state index in [-0.39, 0.29) is 28.3 Å². The monoisotopic (exact) mass is 590 g/mol. The summed E-state index contributed by atoms with van der Waals surface area (Å²) < 4.78 is 10.8. The number of nitrogens with one attached hydrogen (secondary N) is 1. The molecule has 5 heterocycles. The third-order valence-electron chi connectivity index (χ3n) is 8.00. The average molecular weight is 591 g/mol. The quantitative estimate of drug-likeness (QED) is 0.451. The normalized spacial score (nSPS) is 17.6. The molecule has 3 aromatic rings. The standard InChI is InChI=1S/C30H34N6O5S/c1-29(2,3)41-28(39)35-17-30(18-35)8-11-34(12-9-30)23-7-10-31-14-22(23)32-25(37)26-33-24(16-42-26)36-15-19-5-6-20(40-4)13-21(19)27(36)38/h5-7,10,13-14,16H,8-9,11-12,15,17-18H2,1-4H3,(H,32,37). The van der Waals surface area contributed by atoms with Gasteiger partial charge >= 0.3 is 6.09 Å². The van der Waals surface area contributed by atoms with E-state index in [1.165, 1.54) is 11.3 Å². The molecule has 1 spiro atoms. The highest BCUT2D eigenvalue weighted by Crippen LogP contribution is 2.43. The number of carbonyl (C=O) groups excluding carboxylic acids is 3. The maximum absolute atomic E-state index is 13.2. The molecule has 0 bridgehead atoms. The Morgan fingerprint density at radius 2 is 1.88 bits per heavy atom. The minimum absolute atomic E-state index is 0.110. The van der Waals surface area contributed by atoms with Crippen LogP contribution in [0.3, 0.4) is 0 Å². The Hall–Kier alpha value is -4.19. The van der Waals surface area contributed by atoms with Gasteiger partial charge in [-0.1, -0.05) is 6.07 Å². The predicted octanol–water partition coefficient (Wildman–Crippen LogP) is 4.80. The molecule has 3 amide bonds. The number of likely N-dealkylation sites (tertiary alicyclic amines) is 1. The fraction of sp³-hybridized carbons (Fsp3) is 0.433. The molecule has 2 fully saturated rings. The van der Waals surface area contributed by atoms with Crippen molar-refractivity contribution in [3.05, 3.63) is 58.2 Å². The van der Waals surface area contributed by atoms with Crippen molar-refractivity contribution < 1.29 is 23.9 Å². The predicted molar refractivity (Wildman–Crippen MR) is 159 cm³/mol. The van der Waals surface area contributed by atoms with Crippen LogP contribution in [-0.4, -0.2) is 71.7 Å². The number of benzene rings is 1. The fourth-order valence-electron chi connectivity index (χ4n) is 5.78. The molecule has 1 N–H and O–H groups in total. The molecule has 0 atom stereocenters. The highest BCUT2D eigenvalue weighted by Gasteiger charge is 2.48. The van der Waals surface area contributed by atoms with Crippen molar-refractivity contribution in [3.63, 3.8) is 0 Å². The summed E-state index contributed by atoms with van der Waals surface area (Å²) in [6.45, 7) is 9.05. The van der Waals surface area contributed by atoms with Crippen molar-refractivity contribution in [2.75, 3.05) is 48.4 Å². The van der Waals surface area contributed by atoms with E-state index >= 15 is 0 Å². The van der Waals surface area contributed by atoms with Gasteiger partial charge in [0, 0.05) is 48.7 Å². The van der Waals surface area contributed by atoms with Crippen molar-refractivity contribution in [2.24, 2.45) is 5.41 Å². The molecule has 1 aromatic carbocycles. The summed E-state index contributed by atoms with van der Waals surface area (Å²) in [5.74, 6) is 0.541. The summed E-state index contributed by atoms with van der Waals surface area (Å²) in [5, 5.41) is 4.96. The summed E-state index contributed by atoms with van der Waals surface area (Å²) in [6, 6.07) is 7.34. The van der Waals surface area contributed by atoms with Crippen molar-refractivity contribution >= 4 is 46.4 Å². The topological polar surface area (TPSA) is 117 Å². The Balaban J connectivity index is 1.08. The number of aromatic nitrogens is 2. The zero-order valence-electron chi connectivity index (χ0n) is 24.2. The molecule has 0 aliphatic carbocycles. The van der Waals surface area contributed by atoms with Gasteiger partial charge in [0.15, 0.2) is 5.01 Å². The van der Waals surface area contributed by atoms with Crippen LogP contribution in [-0.2, 0) is 11.3 Å². The van der Waals surface area contributed by atoms with E-state index in [2.05, 4.69) is 20.2 Å². The van der Waals surface area contributed by atoms with Crippen LogP contribution in [0.1, 0.15) is 59.3 Å². The highest BCUT2D eigenvalue weighted by atomic mass is 32.1. The van der Waals surface area contributed by atoms with Gasteiger partial charge < -0.3 is 24.6 Å². The third kappa shape index (κ3) is 5.38. The van der Waals surface area contributed by atoms with E-state index in [0.717, 1.165) is 37.2 Å². The van der Waals surface area contributed by atoms with Crippen LogP contribution in [0.5, 0.6) is 5.75 Å². The van der Waals surface area contributed by atoms with Crippen molar-refractivity contribution in [1.82, 2.24) is 14.9 Å². The minimum Gasteiger partial charge on any atom is -0.497 e. The number of ether oxygens (including phenoxy) is 2. The van der Waals surface area contributed by atoms with Crippen LogP contribution >= 0.6 is 11.3 Å². The summed E-state index contributed by atoms with van der Waals surface area (Å²) in [6.07, 6.45) is 4.99. The van der Waals surface area contributed by atoms with E-state index in [4.69, 9.17) is 9.47 Å². The van der Waals surface area contributed by atoms with E-state index in [1.807, 2.05) is 39.0 Å². The molecule has 42 heavy (non-hydrogen) atoms. The number of carbonyl (C=O) groups is 3. The lowest BCUT2D eigenvalue weighted by Crippen LogP contribution is -2.62. The van der Waals surface area contributed by atoms with Crippen LogP contribution in [0.2, 0.25) is 0 Å². The van der Waals surface area contributed by atoms with Gasteiger partial charge in [-0.05, 0) is 57.4 Å².